The van der Waals surface area contributed by atoms with Gasteiger partial charge in [0.1, 0.15) is 0 Å². The molecule has 0 aliphatic carbocycles. The Morgan fingerprint density at radius 3 is 2.89 bits per heavy atom. The first-order valence-corrected chi connectivity index (χ1v) is 6.67. The number of nitrogens with zero attached hydrogens (tertiary/aromatic N) is 2. The minimum atomic E-state index is 0.346. The average molecular weight is 243 g/mol. The van der Waals surface area contributed by atoms with E-state index >= 15 is 0 Å². The second kappa shape index (κ2) is 6.53. The minimum absolute atomic E-state index is 0.346. The predicted octanol–water partition coefficient (Wildman–Crippen LogP) is 2.07. The van der Waals surface area contributed by atoms with Crippen molar-refractivity contribution in [1.82, 2.24) is 10.2 Å². The molecular weight excluding hydrogens is 222 g/mol. The highest BCUT2D eigenvalue weighted by Crippen LogP contribution is 2.13. The van der Waals surface area contributed by atoms with E-state index in [4.69, 9.17) is 5.26 Å². The topological polar surface area (TPSA) is 39.1 Å². The third-order valence-electron chi connectivity index (χ3n) is 3.53. The highest BCUT2D eigenvalue weighted by atomic mass is 15.2. The van der Waals surface area contributed by atoms with Crippen molar-refractivity contribution in [3.8, 4) is 6.07 Å². The molecule has 0 radical (unpaired) electrons. The Labute approximate surface area is 109 Å². The number of nitrogens with one attached hydrogen (secondary N) is 1. The largest absolute Gasteiger partial charge is 0.315 e. The van der Waals surface area contributed by atoms with Gasteiger partial charge in [0.25, 0.3) is 0 Å². The summed E-state index contributed by atoms with van der Waals surface area (Å²) in [4.78, 5) is 2.44. The smallest absolute Gasteiger partial charge is 0.0638 e. The van der Waals surface area contributed by atoms with Crippen molar-refractivity contribution in [2.45, 2.75) is 32.4 Å². The summed E-state index contributed by atoms with van der Waals surface area (Å²) in [5, 5.41) is 12.3. The van der Waals surface area contributed by atoms with Crippen molar-refractivity contribution in [3.63, 3.8) is 0 Å². The van der Waals surface area contributed by atoms with Crippen molar-refractivity contribution in [1.29, 1.82) is 5.26 Å². The van der Waals surface area contributed by atoms with E-state index in [1.54, 1.807) is 0 Å². The van der Waals surface area contributed by atoms with Crippen LogP contribution in [0.1, 0.15) is 24.0 Å². The van der Waals surface area contributed by atoms with E-state index in [1.807, 2.05) is 0 Å². The van der Waals surface area contributed by atoms with Crippen LogP contribution < -0.4 is 5.32 Å². The molecule has 96 valence electrons. The van der Waals surface area contributed by atoms with Crippen LogP contribution in [0.15, 0.2) is 24.3 Å². The fraction of sp³-hybridized carbons (Fsp3) is 0.533. The molecule has 1 aromatic rings. The van der Waals surface area contributed by atoms with Gasteiger partial charge in [-0.2, -0.15) is 5.26 Å². The van der Waals surface area contributed by atoms with E-state index in [2.05, 4.69) is 47.5 Å². The second-order valence-electron chi connectivity index (χ2n) is 5.03. The lowest BCUT2D eigenvalue weighted by atomic mass is 10.1. The number of benzene rings is 1. The van der Waals surface area contributed by atoms with Gasteiger partial charge in [0.05, 0.1) is 12.5 Å². The number of hydrogen-bond acceptors (Lipinski definition) is 3. The van der Waals surface area contributed by atoms with Crippen LogP contribution in [0.3, 0.4) is 0 Å². The fourth-order valence-corrected chi connectivity index (χ4v) is 2.43. The second-order valence-corrected chi connectivity index (χ2v) is 5.03. The first-order valence-electron chi connectivity index (χ1n) is 6.67. The lowest BCUT2D eigenvalue weighted by Crippen LogP contribution is -2.38. The Balaban J connectivity index is 2.04. The molecule has 3 nitrogen and oxygen atoms in total. The molecule has 0 bridgehead atoms. The molecule has 1 atom stereocenters. The molecule has 1 aromatic carbocycles. The summed E-state index contributed by atoms with van der Waals surface area (Å²) in [5.41, 5.74) is 2.63. The highest BCUT2D eigenvalue weighted by molar-refractivity contribution is 5.21. The van der Waals surface area contributed by atoms with Gasteiger partial charge in [-0.25, -0.2) is 0 Å². The Hall–Kier alpha value is -1.37. The lowest BCUT2D eigenvalue weighted by Gasteiger charge is -2.28. The summed E-state index contributed by atoms with van der Waals surface area (Å²) >= 11 is 0. The number of rotatable bonds is 3. The first-order chi connectivity index (χ1) is 8.79. The van der Waals surface area contributed by atoms with Crippen LogP contribution in [0.5, 0.6) is 0 Å². The third kappa shape index (κ3) is 3.56. The zero-order valence-electron chi connectivity index (χ0n) is 11.0. The maximum atomic E-state index is 8.93. The van der Waals surface area contributed by atoms with E-state index in [9.17, 15) is 0 Å². The maximum Gasteiger partial charge on any atom is 0.0638 e. The predicted molar refractivity (Wildman–Crippen MR) is 73.1 cm³/mol. The molecule has 0 spiro atoms. The number of hydrogen-bond donors (Lipinski definition) is 1. The van der Waals surface area contributed by atoms with Crippen LogP contribution in [-0.4, -0.2) is 30.6 Å². The number of nitriles is 1. The molecule has 3 heteroatoms. The van der Waals surface area contributed by atoms with E-state index in [1.165, 1.54) is 11.1 Å². The van der Waals surface area contributed by atoms with Crippen molar-refractivity contribution in [2.24, 2.45) is 0 Å². The van der Waals surface area contributed by atoms with Gasteiger partial charge < -0.3 is 5.32 Å². The van der Waals surface area contributed by atoms with Crippen molar-refractivity contribution in [2.75, 3.05) is 19.6 Å². The van der Waals surface area contributed by atoms with Crippen LogP contribution in [0.4, 0.5) is 0 Å². The molecular formula is C15H21N3. The highest BCUT2D eigenvalue weighted by Gasteiger charge is 2.20. The Bertz CT molecular complexity index is 405. The van der Waals surface area contributed by atoms with Crippen LogP contribution in [0.2, 0.25) is 0 Å². The van der Waals surface area contributed by atoms with Gasteiger partial charge in [0.2, 0.25) is 0 Å². The van der Waals surface area contributed by atoms with Crippen LogP contribution in [-0.2, 0) is 6.54 Å². The van der Waals surface area contributed by atoms with Gasteiger partial charge in [-0.15, -0.1) is 0 Å². The summed E-state index contributed by atoms with van der Waals surface area (Å²) < 4.78 is 0. The quantitative estimate of drug-likeness (QED) is 0.883. The summed E-state index contributed by atoms with van der Waals surface area (Å²) in [7, 11) is 0. The van der Waals surface area contributed by atoms with E-state index in [-0.39, 0.29) is 0 Å². The van der Waals surface area contributed by atoms with Gasteiger partial charge in [-0.3, -0.25) is 4.90 Å². The van der Waals surface area contributed by atoms with Gasteiger partial charge in [0, 0.05) is 25.7 Å². The van der Waals surface area contributed by atoms with Crippen LogP contribution >= 0.6 is 0 Å². The Kier molecular flexibility index (Phi) is 4.74. The lowest BCUT2D eigenvalue weighted by molar-refractivity contribution is 0.202. The van der Waals surface area contributed by atoms with Gasteiger partial charge in [0.15, 0.2) is 0 Å². The van der Waals surface area contributed by atoms with Crippen LogP contribution in [0, 0.1) is 18.3 Å². The molecule has 0 saturated carbocycles. The molecule has 1 N–H and O–H groups in total. The molecule has 1 unspecified atom stereocenters. The molecule has 0 amide bonds. The van der Waals surface area contributed by atoms with Gasteiger partial charge in [-0.1, -0.05) is 29.8 Å². The average Bonchev–Trinajstić information content (AvgIpc) is 2.59. The Morgan fingerprint density at radius 1 is 1.39 bits per heavy atom. The van der Waals surface area contributed by atoms with E-state index < -0.39 is 0 Å². The monoisotopic (exact) mass is 243 g/mol. The summed E-state index contributed by atoms with van der Waals surface area (Å²) in [6.45, 7) is 6.13. The van der Waals surface area contributed by atoms with Crippen LogP contribution in [0.25, 0.3) is 0 Å². The summed E-state index contributed by atoms with van der Waals surface area (Å²) in [6.07, 6.45) is 1.77. The van der Waals surface area contributed by atoms with Crippen molar-refractivity contribution < 1.29 is 0 Å². The molecule has 1 heterocycles. The van der Waals surface area contributed by atoms with Crippen molar-refractivity contribution in [3.05, 3.63) is 35.4 Å². The molecule has 1 aliphatic rings. The minimum Gasteiger partial charge on any atom is -0.315 e. The van der Waals surface area contributed by atoms with Crippen molar-refractivity contribution >= 4 is 0 Å². The van der Waals surface area contributed by atoms with Gasteiger partial charge >= 0.3 is 0 Å². The zero-order valence-corrected chi connectivity index (χ0v) is 11.0. The van der Waals surface area contributed by atoms with E-state index in [0.717, 1.165) is 32.6 Å². The Morgan fingerprint density at radius 2 is 2.17 bits per heavy atom. The van der Waals surface area contributed by atoms with Gasteiger partial charge in [-0.05, 0) is 25.5 Å². The standard InChI is InChI=1S/C15H21N3/c1-13-3-5-14(6-4-13)12-18-10-2-9-17-11-15(18)7-8-16/h3-6,15,17H,2,7,9-12H2,1H3. The molecule has 18 heavy (non-hydrogen) atoms. The molecule has 1 saturated heterocycles. The number of aryl methyl sites for hydroxylation is 1. The zero-order chi connectivity index (χ0) is 12.8. The summed E-state index contributed by atoms with van der Waals surface area (Å²) in [6, 6.07) is 11.4. The molecule has 0 aromatic heterocycles. The summed E-state index contributed by atoms with van der Waals surface area (Å²) in [5.74, 6) is 0. The SMILES string of the molecule is Cc1ccc(CN2CCCNCC2CC#N)cc1. The third-order valence-corrected chi connectivity index (χ3v) is 3.53. The molecule has 2 rings (SSSR count). The molecule has 1 fully saturated rings. The maximum absolute atomic E-state index is 8.93. The fourth-order valence-electron chi connectivity index (χ4n) is 2.43. The normalized spacial score (nSPS) is 21.2. The first kappa shape index (κ1) is 13.1. The van der Waals surface area contributed by atoms with E-state index in [0.29, 0.717) is 12.5 Å². The molecule has 1 aliphatic heterocycles.